The van der Waals surface area contributed by atoms with Crippen LogP contribution in [-0.2, 0) is 32.7 Å². The molecule has 0 fully saturated rings. The molecule has 2 aromatic heterocycles. The van der Waals surface area contributed by atoms with E-state index >= 15 is 0 Å². The van der Waals surface area contributed by atoms with Crippen LogP contribution in [0.2, 0.25) is 0 Å². The van der Waals surface area contributed by atoms with Crippen molar-refractivity contribution in [1.29, 1.82) is 0 Å². The number of nitrogens with zero attached hydrogens (tertiary/aromatic N) is 5. The van der Waals surface area contributed by atoms with E-state index < -0.39 is 0 Å². The molecule has 4 aromatic rings. The van der Waals surface area contributed by atoms with Crippen LogP contribution in [0.3, 0.4) is 0 Å². The molecule has 10 heteroatoms. The second kappa shape index (κ2) is 12.7. The maximum absolute atomic E-state index is 13.6. The lowest BCUT2D eigenvalue weighted by molar-refractivity contribution is 0.0950. The number of rotatable bonds is 10. The Balaban J connectivity index is 1.38. The van der Waals surface area contributed by atoms with Crippen LogP contribution in [0.25, 0.3) is 11.4 Å². The van der Waals surface area contributed by atoms with Gasteiger partial charge in [-0.3, -0.25) is 14.3 Å². The topological polar surface area (TPSA) is 117 Å². The van der Waals surface area contributed by atoms with Crippen LogP contribution in [0, 0.1) is 6.92 Å². The lowest BCUT2D eigenvalue weighted by Crippen LogP contribution is -2.31. The van der Waals surface area contributed by atoms with E-state index in [1.54, 1.807) is 10.7 Å². The number of fused-ring (bicyclic) bond motifs is 3. The first-order valence-corrected chi connectivity index (χ1v) is 14.8. The second-order valence-electron chi connectivity index (χ2n) is 11.2. The number of likely N-dealkylation sites (N-methyl/N-ethyl adjacent to an activating group) is 1. The first kappa shape index (κ1) is 29.9. The van der Waals surface area contributed by atoms with Gasteiger partial charge >= 0.3 is 0 Å². The van der Waals surface area contributed by atoms with Gasteiger partial charge < -0.3 is 20.9 Å². The summed E-state index contributed by atoms with van der Waals surface area (Å²) >= 11 is 0. The minimum atomic E-state index is -0.204. The van der Waals surface area contributed by atoms with Gasteiger partial charge in [-0.2, -0.15) is 5.10 Å². The number of hydrogen-bond donors (Lipinski definition) is 3. The van der Waals surface area contributed by atoms with Crippen LogP contribution in [0.4, 0.5) is 17.3 Å². The van der Waals surface area contributed by atoms with Gasteiger partial charge in [-0.15, -0.1) is 0 Å². The number of carbonyl (C=O) groups is 2. The first-order valence-electron chi connectivity index (χ1n) is 14.8. The van der Waals surface area contributed by atoms with Gasteiger partial charge in [0.25, 0.3) is 11.8 Å². The van der Waals surface area contributed by atoms with Crippen LogP contribution in [0.1, 0.15) is 62.5 Å². The predicted octanol–water partition coefficient (Wildman–Crippen LogP) is 4.70. The lowest BCUT2D eigenvalue weighted by atomic mass is 9.93. The quantitative estimate of drug-likeness (QED) is 0.249. The van der Waals surface area contributed by atoms with Crippen LogP contribution in [0.15, 0.2) is 42.6 Å². The fraction of sp³-hybridized carbons (Fsp3) is 0.364. The molecule has 0 atom stereocenters. The van der Waals surface area contributed by atoms with Gasteiger partial charge in [0.05, 0.1) is 11.4 Å². The summed E-state index contributed by atoms with van der Waals surface area (Å²) in [4.78, 5) is 37.6. The van der Waals surface area contributed by atoms with Crippen molar-refractivity contribution in [2.45, 2.75) is 46.5 Å². The highest BCUT2D eigenvalue weighted by Crippen LogP contribution is 2.35. The monoisotopic (exact) mass is 580 g/mol. The highest BCUT2D eigenvalue weighted by atomic mass is 16.2. The van der Waals surface area contributed by atoms with Gasteiger partial charge in [0.15, 0.2) is 5.69 Å². The van der Waals surface area contributed by atoms with E-state index in [0.717, 1.165) is 76.4 Å². The van der Waals surface area contributed by atoms with Crippen molar-refractivity contribution in [3.8, 4) is 11.4 Å². The SMILES string of the molecule is CCc1cccc(CC)c1NC(=O)c1nn(C)c2c1CCc1cnc(Nc3ccc(C(=O)NCCN(C)C)cc3C)nc1-2. The summed E-state index contributed by atoms with van der Waals surface area (Å²) in [5.41, 5.74) is 9.36. The van der Waals surface area contributed by atoms with E-state index in [4.69, 9.17) is 4.98 Å². The average Bonchev–Trinajstić information content (AvgIpc) is 3.34. The fourth-order valence-corrected chi connectivity index (χ4v) is 5.53. The zero-order valence-electron chi connectivity index (χ0n) is 25.8. The molecule has 10 nitrogen and oxygen atoms in total. The number of aromatic nitrogens is 4. The molecule has 0 radical (unpaired) electrons. The summed E-state index contributed by atoms with van der Waals surface area (Å²) in [6, 6.07) is 11.7. The van der Waals surface area contributed by atoms with Crippen molar-refractivity contribution in [2.24, 2.45) is 7.05 Å². The van der Waals surface area contributed by atoms with Crippen molar-refractivity contribution in [3.63, 3.8) is 0 Å². The molecular weight excluding hydrogens is 540 g/mol. The molecule has 1 aliphatic carbocycles. The third-order valence-electron chi connectivity index (χ3n) is 7.91. The summed E-state index contributed by atoms with van der Waals surface area (Å²) in [6.45, 7) is 7.49. The van der Waals surface area contributed by atoms with Crippen LogP contribution in [0.5, 0.6) is 0 Å². The molecule has 0 bridgehead atoms. The Morgan fingerprint density at radius 1 is 1.02 bits per heavy atom. The molecule has 224 valence electrons. The van der Waals surface area contributed by atoms with Crippen LogP contribution < -0.4 is 16.0 Å². The molecule has 43 heavy (non-hydrogen) atoms. The van der Waals surface area contributed by atoms with Crippen molar-refractivity contribution in [2.75, 3.05) is 37.8 Å². The smallest absolute Gasteiger partial charge is 0.276 e. The first-order chi connectivity index (χ1) is 20.7. The van der Waals surface area contributed by atoms with Crippen molar-refractivity contribution < 1.29 is 9.59 Å². The summed E-state index contributed by atoms with van der Waals surface area (Å²) in [5, 5.41) is 14.1. The van der Waals surface area contributed by atoms with Gasteiger partial charge in [0.1, 0.15) is 0 Å². The maximum Gasteiger partial charge on any atom is 0.276 e. The zero-order chi connectivity index (χ0) is 30.7. The molecule has 5 rings (SSSR count). The number of carbonyl (C=O) groups excluding carboxylic acids is 2. The molecule has 0 saturated heterocycles. The second-order valence-corrected chi connectivity index (χ2v) is 11.2. The molecule has 2 aromatic carbocycles. The molecule has 2 heterocycles. The van der Waals surface area contributed by atoms with E-state index in [1.165, 1.54) is 0 Å². The lowest BCUT2D eigenvalue weighted by Gasteiger charge is -2.18. The normalized spacial score (nSPS) is 12.1. The third-order valence-corrected chi connectivity index (χ3v) is 7.91. The number of anilines is 3. The number of aryl methyl sites for hydroxylation is 5. The minimum absolute atomic E-state index is 0.103. The largest absolute Gasteiger partial charge is 0.351 e. The Morgan fingerprint density at radius 3 is 2.44 bits per heavy atom. The van der Waals surface area contributed by atoms with Gasteiger partial charge in [-0.25, -0.2) is 9.97 Å². The van der Waals surface area contributed by atoms with Gasteiger partial charge in [-0.05, 0) is 87.2 Å². The van der Waals surface area contributed by atoms with E-state index in [0.29, 0.717) is 30.2 Å². The Bertz CT molecular complexity index is 1650. The summed E-state index contributed by atoms with van der Waals surface area (Å²) < 4.78 is 1.75. The number of hydrogen-bond acceptors (Lipinski definition) is 7. The van der Waals surface area contributed by atoms with Crippen LogP contribution in [-0.4, -0.2) is 63.6 Å². The van der Waals surface area contributed by atoms with Crippen molar-refractivity contribution >= 4 is 29.1 Å². The van der Waals surface area contributed by atoms with Gasteiger partial charge in [-0.1, -0.05) is 32.0 Å². The standard InChI is InChI=1S/C33H40N8O2/c1-7-21-10-9-11-22(8-2)27(21)37-32(43)29-25-14-12-24-19-35-33(38-28(24)30(25)41(6)39-29)36-26-15-13-23(18-20(26)3)31(42)34-16-17-40(4)5/h9-11,13,15,18-19H,7-8,12,14,16-17H2,1-6H3,(H,34,42)(H,37,43)(H,35,36,38). The van der Waals surface area contributed by atoms with E-state index in [1.807, 2.05) is 57.4 Å². The van der Waals surface area contributed by atoms with Gasteiger partial charge in [0.2, 0.25) is 5.95 Å². The molecule has 2 amide bonds. The number of amides is 2. The number of para-hydroxylation sites is 1. The Morgan fingerprint density at radius 2 is 1.77 bits per heavy atom. The molecule has 3 N–H and O–H groups in total. The third kappa shape index (κ3) is 6.29. The highest BCUT2D eigenvalue weighted by Gasteiger charge is 2.29. The summed E-state index contributed by atoms with van der Waals surface area (Å²) in [5.74, 6) is 0.133. The summed E-state index contributed by atoms with van der Waals surface area (Å²) in [6.07, 6.45) is 4.90. The number of nitrogens with one attached hydrogen (secondary N) is 3. The average molecular weight is 581 g/mol. The highest BCUT2D eigenvalue weighted by molar-refractivity contribution is 6.06. The fourth-order valence-electron chi connectivity index (χ4n) is 5.53. The van der Waals surface area contributed by atoms with Crippen molar-refractivity contribution in [3.05, 3.63) is 81.7 Å². The Kier molecular flexibility index (Phi) is 8.86. The van der Waals surface area contributed by atoms with E-state index in [2.05, 4.69) is 52.0 Å². The molecule has 0 aliphatic heterocycles. The number of benzene rings is 2. The molecular formula is C33H40N8O2. The molecule has 0 spiro atoms. The van der Waals surface area contributed by atoms with E-state index in [-0.39, 0.29) is 11.8 Å². The Labute approximate surface area is 252 Å². The maximum atomic E-state index is 13.6. The van der Waals surface area contributed by atoms with E-state index in [9.17, 15) is 9.59 Å². The molecule has 0 saturated carbocycles. The summed E-state index contributed by atoms with van der Waals surface area (Å²) in [7, 11) is 5.80. The minimum Gasteiger partial charge on any atom is -0.351 e. The Hall–Kier alpha value is -4.57. The van der Waals surface area contributed by atoms with Crippen molar-refractivity contribution in [1.82, 2.24) is 30.0 Å². The zero-order valence-corrected chi connectivity index (χ0v) is 25.8. The molecule has 0 unspecified atom stereocenters. The molecule has 1 aliphatic rings. The van der Waals surface area contributed by atoms with Crippen LogP contribution >= 0.6 is 0 Å². The van der Waals surface area contributed by atoms with Gasteiger partial charge in [0, 0.05) is 48.8 Å². The predicted molar refractivity (Wildman–Crippen MR) is 170 cm³/mol.